The summed E-state index contributed by atoms with van der Waals surface area (Å²) in [7, 11) is 0. The van der Waals surface area contributed by atoms with Crippen molar-refractivity contribution in [3.05, 3.63) is 29.8 Å². The largest absolute Gasteiger partial charge is 0.508 e. The van der Waals surface area contributed by atoms with Gasteiger partial charge in [-0.15, -0.1) is 0 Å². The topological polar surface area (TPSA) is 55.8 Å². The first-order valence-corrected chi connectivity index (χ1v) is 8.44. The van der Waals surface area contributed by atoms with Gasteiger partial charge in [-0.3, -0.25) is 0 Å². The second-order valence-corrected chi connectivity index (χ2v) is 6.79. The average molecular weight is 322 g/mol. The highest BCUT2D eigenvalue weighted by atomic mass is 16.6. The van der Waals surface area contributed by atoms with E-state index in [0.717, 1.165) is 18.4 Å². The highest BCUT2D eigenvalue weighted by molar-refractivity contribution is 5.75. The maximum atomic E-state index is 12.3. The van der Waals surface area contributed by atoms with Gasteiger partial charge in [-0.25, -0.2) is 4.79 Å². The Labute approximate surface area is 139 Å². The number of esters is 1. The van der Waals surface area contributed by atoms with E-state index in [1.807, 2.05) is 19.9 Å². The molecule has 1 N–H and O–H groups in total. The molecule has 0 saturated heterocycles. The van der Waals surface area contributed by atoms with Crippen LogP contribution in [0.15, 0.2) is 24.3 Å². The van der Waals surface area contributed by atoms with Crippen LogP contribution in [0.3, 0.4) is 0 Å². The zero-order valence-corrected chi connectivity index (χ0v) is 14.7. The van der Waals surface area contributed by atoms with Crippen molar-refractivity contribution >= 4 is 5.97 Å². The molecule has 0 aliphatic carbocycles. The molecule has 0 fully saturated rings. The average Bonchev–Trinajstić information content (AvgIpc) is 2.47. The van der Waals surface area contributed by atoms with Crippen LogP contribution in [0.2, 0.25) is 0 Å². The fraction of sp³-hybridized carbons (Fsp3) is 0.632. The number of carbonyl (C=O) groups excluding carboxylic acids is 1. The van der Waals surface area contributed by atoms with Crippen LogP contribution in [0, 0.1) is 11.8 Å². The molecular weight excluding hydrogens is 292 g/mol. The van der Waals surface area contributed by atoms with E-state index >= 15 is 0 Å². The zero-order valence-electron chi connectivity index (χ0n) is 14.7. The van der Waals surface area contributed by atoms with Crippen molar-refractivity contribution < 1.29 is 19.4 Å². The van der Waals surface area contributed by atoms with Crippen LogP contribution in [0.4, 0.5) is 0 Å². The molecule has 0 bridgehead atoms. The molecule has 23 heavy (non-hydrogen) atoms. The second kappa shape index (κ2) is 10.3. The van der Waals surface area contributed by atoms with E-state index in [9.17, 15) is 9.90 Å². The van der Waals surface area contributed by atoms with Gasteiger partial charge in [0.15, 0.2) is 6.10 Å². The van der Waals surface area contributed by atoms with E-state index in [0.29, 0.717) is 31.5 Å². The Bertz CT molecular complexity index is 468. The van der Waals surface area contributed by atoms with Crippen LogP contribution in [-0.4, -0.2) is 30.4 Å². The summed E-state index contributed by atoms with van der Waals surface area (Å²) in [6, 6.07) is 6.90. The lowest BCUT2D eigenvalue weighted by atomic mass is 10.1. The van der Waals surface area contributed by atoms with Crippen molar-refractivity contribution in [2.75, 3.05) is 13.2 Å². The molecule has 1 unspecified atom stereocenters. The highest BCUT2D eigenvalue weighted by Crippen LogP contribution is 2.15. The van der Waals surface area contributed by atoms with Gasteiger partial charge in [0.1, 0.15) is 5.75 Å². The molecule has 1 atom stereocenters. The first-order chi connectivity index (χ1) is 10.9. The molecular formula is C19H30O4. The first-order valence-electron chi connectivity index (χ1n) is 8.44. The van der Waals surface area contributed by atoms with Gasteiger partial charge in [0.2, 0.25) is 0 Å². The lowest BCUT2D eigenvalue weighted by Gasteiger charge is -2.18. The van der Waals surface area contributed by atoms with Crippen molar-refractivity contribution in [1.29, 1.82) is 0 Å². The number of aromatic hydroxyl groups is 1. The molecule has 130 valence electrons. The summed E-state index contributed by atoms with van der Waals surface area (Å²) in [5, 5.41) is 9.56. The fourth-order valence-corrected chi connectivity index (χ4v) is 2.17. The van der Waals surface area contributed by atoms with Gasteiger partial charge in [0.05, 0.1) is 6.61 Å². The Morgan fingerprint density at radius 2 is 1.91 bits per heavy atom. The van der Waals surface area contributed by atoms with Gasteiger partial charge in [0.25, 0.3) is 0 Å². The number of hydrogen-bond donors (Lipinski definition) is 1. The summed E-state index contributed by atoms with van der Waals surface area (Å²) in [6.07, 6.45) is 1.78. The standard InChI is InChI=1S/C19H30O4/c1-14(2)7-6-10-22-18(19(21)23-13-15(3)4)12-16-8-5-9-17(20)11-16/h5,8-9,11,14-15,18,20H,6-7,10,12-13H2,1-4H3. The number of ether oxygens (including phenoxy) is 2. The van der Waals surface area contributed by atoms with E-state index < -0.39 is 6.10 Å². The Morgan fingerprint density at radius 3 is 2.52 bits per heavy atom. The Hall–Kier alpha value is -1.55. The summed E-state index contributed by atoms with van der Waals surface area (Å²) in [5.74, 6) is 0.778. The van der Waals surface area contributed by atoms with Gasteiger partial charge in [-0.1, -0.05) is 39.8 Å². The van der Waals surface area contributed by atoms with Crippen LogP contribution in [0.25, 0.3) is 0 Å². The summed E-state index contributed by atoms with van der Waals surface area (Å²) in [4.78, 5) is 12.3. The third kappa shape index (κ3) is 8.60. The third-order valence-corrected chi connectivity index (χ3v) is 3.40. The number of rotatable bonds is 10. The molecule has 0 radical (unpaired) electrons. The van der Waals surface area contributed by atoms with E-state index in [1.54, 1.807) is 18.2 Å². The molecule has 0 aliphatic rings. The molecule has 1 rings (SSSR count). The van der Waals surface area contributed by atoms with Crippen LogP contribution in [-0.2, 0) is 20.7 Å². The molecule has 0 aromatic heterocycles. The number of hydrogen-bond acceptors (Lipinski definition) is 4. The third-order valence-electron chi connectivity index (χ3n) is 3.40. The number of benzene rings is 1. The van der Waals surface area contributed by atoms with Crippen molar-refractivity contribution in [2.24, 2.45) is 11.8 Å². The predicted octanol–water partition coefficient (Wildman–Crippen LogP) is 3.96. The van der Waals surface area contributed by atoms with Crippen molar-refractivity contribution in [3.8, 4) is 5.75 Å². The summed E-state index contributed by atoms with van der Waals surface area (Å²) in [6.45, 7) is 9.27. The summed E-state index contributed by atoms with van der Waals surface area (Å²) >= 11 is 0. The molecule has 0 heterocycles. The molecule has 0 spiro atoms. The van der Waals surface area contributed by atoms with Gasteiger partial charge in [0, 0.05) is 13.0 Å². The van der Waals surface area contributed by atoms with Crippen LogP contribution in [0.5, 0.6) is 5.75 Å². The lowest BCUT2D eigenvalue weighted by molar-refractivity contribution is -0.158. The molecule has 0 aliphatic heterocycles. The van der Waals surface area contributed by atoms with Crippen molar-refractivity contribution in [2.45, 2.75) is 53.1 Å². The van der Waals surface area contributed by atoms with Crippen molar-refractivity contribution in [1.82, 2.24) is 0 Å². The smallest absolute Gasteiger partial charge is 0.335 e. The highest BCUT2D eigenvalue weighted by Gasteiger charge is 2.22. The Morgan fingerprint density at radius 1 is 1.17 bits per heavy atom. The van der Waals surface area contributed by atoms with Gasteiger partial charge in [-0.05, 0) is 42.4 Å². The molecule has 0 amide bonds. The molecule has 1 aromatic rings. The summed E-state index contributed by atoms with van der Waals surface area (Å²) < 4.78 is 11.1. The SMILES string of the molecule is CC(C)CCCOC(Cc1cccc(O)c1)C(=O)OCC(C)C. The second-order valence-electron chi connectivity index (χ2n) is 6.79. The monoisotopic (exact) mass is 322 g/mol. The van der Waals surface area contributed by atoms with Crippen molar-refractivity contribution in [3.63, 3.8) is 0 Å². The molecule has 1 aromatic carbocycles. The number of carbonyl (C=O) groups is 1. The van der Waals surface area contributed by atoms with Crippen LogP contribution < -0.4 is 0 Å². The molecule has 0 saturated carbocycles. The van der Waals surface area contributed by atoms with Crippen LogP contribution >= 0.6 is 0 Å². The Balaban J connectivity index is 2.61. The van der Waals surface area contributed by atoms with Gasteiger partial charge in [-0.2, -0.15) is 0 Å². The van der Waals surface area contributed by atoms with E-state index in [1.165, 1.54) is 0 Å². The first kappa shape index (κ1) is 19.5. The van der Waals surface area contributed by atoms with E-state index in [-0.39, 0.29) is 11.7 Å². The zero-order chi connectivity index (χ0) is 17.2. The van der Waals surface area contributed by atoms with Gasteiger partial charge < -0.3 is 14.6 Å². The molecule has 4 heteroatoms. The minimum Gasteiger partial charge on any atom is -0.508 e. The maximum absolute atomic E-state index is 12.3. The Kier molecular flexibility index (Phi) is 8.70. The van der Waals surface area contributed by atoms with E-state index in [2.05, 4.69) is 13.8 Å². The predicted molar refractivity (Wildman–Crippen MR) is 91.4 cm³/mol. The summed E-state index contributed by atoms with van der Waals surface area (Å²) in [5.41, 5.74) is 0.861. The number of phenolic OH excluding ortho intramolecular Hbond substituents is 1. The molecule has 4 nitrogen and oxygen atoms in total. The quantitative estimate of drug-likeness (QED) is 0.523. The van der Waals surface area contributed by atoms with Crippen LogP contribution in [0.1, 0.15) is 46.1 Å². The normalized spacial score (nSPS) is 12.6. The van der Waals surface area contributed by atoms with Gasteiger partial charge >= 0.3 is 5.97 Å². The maximum Gasteiger partial charge on any atom is 0.335 e. The minimum atomic E-state index is -0.622. The fourth-order valence-electron chi connectivity index (χ4n) is 2.17. The van der Waals surface area contributed by atoms with E-state index in [4.69, 9.17) is 9.47 Å². The minimum absolute atomic E-state index is 0.191. The number of phenols is 1. The lowest BCUT2D eigenvalue weighted by Crippen LogP contribution is -2.30.